The SMILES string of the molecule is O=C(O)c1coc(-c2ccc(Cl)cc2[N+](=O)[O-])n1. The number of aromatic nitrogens is 1. The Hall–Kier alpha value is -2.41. The molecule has 0 aliphatic rings. The zero-order valence-electron chi connectivity index (χ0n) is 8.66. The van der Waals surface area contributed by atoms with Crippen molar-refractivity contribution in [3.05, 3.63) is 45.3 Å². The molecule has 0 aliphatic heterocycles. The van der Waals surface area contributed by atoms with E-state index in [1.165, 1.54) is 12.1 Å². The van der Waals surface area contributed by atoms with Gasteiger partial charge in [0.05, 0.1) is 4.92 Å². The number of halogens is 1. The van der Waals surface area contributed by atoms with Crippen LogP contribution in [0.2, 0.25) is 5.02 Å². The van der Waals surface area contributed by atoms with Gasteiger partial charge in [0, 0.05) is 11.1 Å². The molecule has 8 heteroatoms. The van der Waals surface area contributed by atoms with Crippen molar-refractivity contribution >= 4 is 23.3 Å². The monoisotopic (exact) mass is 268 g/mol. The van der Waals surface area contributed by atoms with Gasteiger partial charge in [0.1, 0.15) is 11.8 Å². The number of benzene rings is 1. The molecule has 1 heterocycles. The molecule has 0 radical (unpaired) electrons. The van der Waals surface area contributed by atoms with Gasteiger partial charge in [0.15, 0.2) is 5.69 Å². The van der Waals surface area contributed by atoms with Crippen molar-refractivity contribution in [2.45, 2.75) is 0 Å². The van der Waals surface area contributed by atoms with Crippen LogP contribution in [0.4, 0.5) is 5.69 Å². The second-order valence-electron chi connectivity index (χ2n) is 3.26. The number of hydrogen-bond acceptors (Lipinski definition) is 5. The third-order valence-electron chi connectivity index (χ3n) is 2.11. The van der Waals surface area contributed by atoms with E-state index in [2.05, 4.69) is 4.98 Å². The lowest BCUT2D eigenvalue weighted by molar-refractivity contribution is -0.384. The molecule has 1 aromatic carbocycles. The van der Waals surface area contributed by atoms with Crippen LogP contribution in [0.3, 0.4) is 0 Å². The van der Waals surface area contributed by atoms with E-state index in [9.17, 15) is 14.9 Å². The zero-order chi connectivity index (χ0) is 13.3. The molecule has 1 N–H and O–H groups in total. The van der Waals surface area contributed by atoms with E-state index in [0.29, 0.717) is 0 Å². The minimum atomic E-state index is -1.28. The molecule has 0 spiro atoms. The summed E-state index contributed by atoms with van der Waals surface area (Å²) in [5.41, 5.74) is -0.563. The maximum absolute atomic E-state index is 10.8. The van der Waals surface area contributed by atoms with Crippen molar-refractivity contribution in [1.82, 2.24) is 4.98 Å². The van der Waals surface area contributed by atoms with Crippen LogP contribution < -0.4 is 0 Å². The topological polar surface area (TPSA) is 106 Å². The molecule has 0 atom stereocenters. The summed E-state index contributed by atoms with van der Waals surface area (Å²) in [4.78, 5) is 24.5. The minimum Gasteiger partial charge on any atom is -0.476 e. The highest BCUT2D eigenvalue weighted by atomic mass is 35.5. The summed E-state index contributed by atoms with van der Waals surface area (Å²) < 4.78 is 4.90. The van der Waals surface area contributed by atoms with Crippen molar-refractivity contribution in [3.8, 4) is 11.5 Å². The maximum Gasteiger partial charge on any atom is 0.357 e. The first-order valence-corrected chi connectivity index (χ1v) is 5.00. The van der Waals surface area contributed by atoms with E-state index in [0.717, 1.165) is 12.3 Å². The number of nitro groups is 1. The summed E-state index contributed by atoms with van der Waals surface area (Å²) in [6, 6.07) is 3.91. The number of nitro benzene ring substituents is 1. The minimum absolute atomic E-state index is 0.0666. The summed E-state index contributed by atoms with van der Waals surface area (Å²) in [6.07, 6.45) is 0.913. The lowest BCUT2D eigenvalue weighted by Gasteiger charge is -1.98. The lowest BCUT2D eigenvalue weighted by Crippen LogP contribution is -1.96. The number of nitrogens with zero attached hydrogens (tertiary/aromatic N) is 2. The quantitative estimate of drug-likeness (QED) is 0.677. The van der Waals surface area contributed by atoms with Crippen molar-refractivity contribution in [1.29, 1.82) is 0 Å². The molecule has 0 saturated heterocycles. The largest absolute Gasteiger partial charge is 0.476 e. The lowest BCUT2D eigenvalue weighted by atomic mass is 10.2. The van der Waals surface area contributed by atoms with Gasteiger partial charge in [-0.05, 0) is 12.1 Å². The number of rotatable bonds is 3. The molecule has 2 aromatic rings. The Morgan fingerprint density at radius 1 is 1.50 bits per heavy atom. The average Bonchev–Trinajstić information content (AvgIpc) is 2.78. The number of carbonyl (C=O) groups is 1. The van der Waals surface area contributed by atoms with Crippen LogP contribution in [0, 0.1) is 10.1 Å². The zero-order valence-corrected chi connectivity index (χ0v) is 9.42. The Balaban J connectivity index is 2.55. The summed E-state index contributed by atoms with van der Waals surface area (Å²) in [5, 5.41) is 19.7. The number of carboxylic acids is 1. The predicted octanol–water partition coefficient (Wildman–Crippen LogP) is 2.60. The molecule has 0 bridgehead atoms. The van der Waals surface area contributed by atoms with Crippen molar-refractivity contribution < 1.29 is 19.2 Å². The molecular formula is C10H5ClN2O5. The van der Waals surface area contributed by atoms with Crippen LogP contribution in [0.5, 0.6) is 0 Å². The van der Waals surface area contributed by atoms with Gasteiger partial charge in [-0.3, -0.25) is 10.1 Å². The third-order valence-corrected chi connectivity index (χ3v) is 2.35. The van der Waals surface area contributed by atoms with Crippen molar-refractivity contribution in [2.24, 2.45) is 0 Å². The summed E-state index contributed by atoms with van der Waals surface area (Å²) in [5.74, 6) is -1.42. The van der Waals surface area contributed by atoms with Gasteiger partial charge in [0.2, 0.25) is 5.89 Å². The van der Waals surface area contributed by atoms with E-state index in [1.807, 2.05) is 0 Å². The van der Waals surface area contributed by atoms with Gasteiger partial charge >= 0.3 is 5.97 Å². The van der Waals surface area contributed by atoms with Crippen LogP contribution >= 0.6 is 11.6 Å². The van der Waals surface area contributed by atoms with Crippen LogP contribution in [0.15, 0.2) is 28.9 Å². The molecule has 7 nitrogen and oxygen atoms in total. The van der Waals surface area contributed by atoms with E-state index in [1.54, 1.807) is 0 Å². The molecule has 0 aliphatic carbocycles. The predicted molar refractivity (Wildman–Crippen MR) is 60.6 cm³/mol. The smallest absolute Gasteiger partial charge is 0.357 e. The van der Waals surface area contributed by atoms with Gasteiger partial charge in [-0.25, -0.2) is 9.78 Å². The highest BCUT2D eigenvalue weighted by Gasteiger charge is 2.21. The van der Waals surface area contributed by atoms with Gasteiger partial charge in [-0.2, -0.15) is 0 Å². The van der Waals surface area contributed by atoms with Crippen LogP contribution in [-0.2, 0) is 0 Å². The molecule has 92 valence electrons. The number of hydrogen-bond donors (Lipinski definition) is 1. The number of oxazole rings is 1. The fourth-order valence-corrected chi connectivity index (χ4v) is 1.50. The first-order chi connectivity index (χ1) is 8.49. The molecule has 0 unspecified atom stereocenters. The summed E-state index contributed by atoms with van der Waals surface area (Å²) >= 11 is 5.65. The molecule has 18 heavy (non-hydrogen) atoms. The van der Waals surface area contributed by atoms with Crippen LogP contribution in [-0.4, -0.2) is 21.0 Å². The fourth-order valence-electron chi connectivity index (χ4n) is 1.33. The fraction of sp³-hybridized carbons (Fsp3) is 0. The van der Waals surface area contributed by atoms with Gasteiger partial charge in [0.25, 0.3) is 5.69 Å². The Labute approximate surface area is 105 Å². The van der Waals surface area contributed by atoms with Crippen LogP contribution in [0.25, 0.3) is 11.5 Å². The van der Waals surface area contributed by atoms with Crippen LogP contribution in [0.1, 0.15) is 10.5 Å². The first-order valence-electron chi connectivity index (χ1n) is 4.62. The summed E-state index contributed by atoms with van der Waals surface area (Å²) in [6.45, 7) is 0. The van der Waals surface area contributed by atoms with E-state index in [4.69, 9.17) is 21.1 Å². The molecule has 2 rings (SSSR count). The third kappa shape index (κ3) is 2.16. The van der Waals surface area contributed by atoms with Gasteiger partial charge < -0.3 is 9.52 Å². The first kappa shape index (κ1) is 12.1. The van der Waals surface area contributed by atoms with Gasteiger partial charge in [-0.1, -0.05) is 11.6 Å². The number of carboxylic acid groups (broad SMARTS) is 1. The Bertz CT molecular complexity index is 637. The molecule has 0 saturated carbocycles. The molecular weight excluding hydrogens is 264 g/mol. The highest BCUT2D eigenvalue weighted by Crippen LogP contribution is 2.31. The Morgan fingerprint density at radius 3 is 2.78 bits per heavy atom. The normalized spacial score (nSPS) is 10.3. The molecule has 1 aromatic heterocycles. The number of aromatic carboxylic acids is 1. The maximum atomic E-state index is 10.8. The molecule has 0 amide bonds. The Kier molecular flexibility index (Phi) is 2.99. The van der Waals surface area contributed by atoms with E-state index in [-0.39, 0.29) is 27.9 Å². The average molecular weight is 269 g/mol. The second kappa shape index (κ2) is 4.46. The van der Waals surface area contributed by atoms with E-state index < -0.39 is 10.9 Å². The molecule has 0 fully saturated rings. The highest BCUT2D eigenvalue weighted by molar-refractivity contribution is 6.30. The van der Waals surface area contributed by atoms with Crippen molar-refractivity contribution in [3.63, 3.8) is 0 Å². The second-order valence-corrected chi connectivity index (χ2v) is 3.70. The standard InChI is InChI=1S/C10H5ClN2O5/c11-5-1-2-6(8(3-5)13(16)17)9-12-7(4-18-9)10(14)15/h1-4H,(H,14,15). The summed E-state index contributed by atoms with van der Waals surface area (Å²) in [7, 11) is 0. The van der Waals surface area contributed by atoms with E-state index >= 15 is 0 Å². The van der Waals surface area contributed by atoms with Crippen molar-refractivity contribution in [2.75, 3.05) is 0 Å². The Morgan fingerprint density at radius 2 is 2.22 bits per heavy atom. The van der Waals surface area contributed by atoms with Gasteiger partial charge in [-0.15, -0.1) is 0 Å².